The van der Waals surface area contributed by atoms with Gasteiger partial charge >= 0.3 is 0 Å². The predicted octanol–water partition coefficient (Wildman–Crippen LogP) is 5.56. The number of nitrogens with one attached hydrogen (secondary N) is 2. The van der Waals surface area contributed by atoms with Crippen LogP contribution in [0.2, 0.25) is 15.1 Å². The summed E-state index contributed by atoms with van der Waals surface area (Å²) < 4.78 is 55.2. The number of anilines is 2. The Labute approximate surface area is 189 Å². The second kappa shape index (κ2) is 8.64. The van der Waals surface area contributed by atoms with Crippen LogP contribution in [0.4, 0.5) is 11.4 Å². The monoisotopic (exact) mass is 504 g/mol. The molecule has 3 rings (SSSR count). The van der Waals surface area contributed by atoms with Crippen LogP contribution in [0.3, 0.4) is 0 Å². The molecule has 3 aromatic rings. The normalized spacial score (nSPS) is 11.9. The van der Waals surface area contributed by atoms with Gasteiger partial charge in [-0.25, -0.2) is 16.8 Å². The third-order valence-corrected chi connectivity index (χ3v) is 7.66. The maximum Gasteiger partial charge on any atom is 0.261 e. The van der Waals surface area contributed by atoms with Crippen LogP contribution in [-0.2, 0) is 20.0 Å². The molecule has 0 saturated heterocycles. The molecule has 0 spiro atoms. The minimum Gasteiger partial charge on any atom is -0.280 e. The van der Waals surface area contributed by atoms with Crippen LogP contribution in [0.15, 0.2) is 70.5 Å². The van der Waals surface area contributed by atoms with Crippen molar-refractivity contribution in [1.29, 1.82) is 0 Å². The molecule has 11 heteroatoms. The highest BCUT2D eigenvalue weighted by atomic mass is 35.5. The molecule has 6 nitrogen and oxygen atoms in total. The Hall–Kier alpha value is -1.97. The molecule has 0 fully saturated rings. The summed E-state index contributed by atoms with van der Waals surface area (Å²) in [6.45, 7) is 1.69. The molecule has 158 valence electrons. The highest BCUT2D eigenvalue weighted by molar-refractivity contribution is 7.93. The van der Waals surface area contributed by atoms with E-state index in [1.165, 1.54) is 42.5 Å². The van der Waals surface area contributed by atoms with E-state index < -0.39 is 20.0 Å². The molecule has 2 N–H and O–H groups in total. The number of rotatable bonds is 6. The molecule has 3 aromatic carbocycles. The van der Waals surface area contributed by atoms with Gasteiger partial charge in [-0.2, -0.15) is 0 Å². The van der Waals surface area contributed by atoms with Gasteiger partial charge in [0, 0.05) is 20.8 Å². The standard InChI is InChI=1S/C19H15Cl3N2O4S2/c1-12-18(22)3-2-4-19(12)24-29(25,26)16-7-5-15(6-8-16)23-30(27,28)17-10-13(20)9-14(21)11-17/h2-11,23-24H,1H3. The summed E-state index contributed by atoms with van der Waals surface area (Å²) in [6.07, 6.45) is 0. The van der Waals surface area contributed by atoms with Crippen molar-refractivity contribution in [2.75, 3.05) is 9.44 Å². The van der Waals surface area contributed by atoms with E-state index in [9.17, 15) is 16.8 Å². The molecule has 0 heterocycles. The van der Waals surface area contributed by atoms with E-state index in [2.05, 4.69) is 9.44 Å². The quantitative estimate of drug-likeness (QED) is 0.459. The van der Waals surface area contributed by atoms with E-state index in [4.69, 9.17) is 34.8 Å². The van der Waals surface area contributed by atoms with Crippen molar-refractivity contribution in [3.63, 3.8) is 0 Å². The minimum atomic E-state index is -3.96. The second-order valence-electron chi connectivity index (χ2n) is 6.25. The fraction of sp³-hybridized carbons (Fsp3) is 0.0526. The van der Waals surface area contributed by atoms with Gasteiger partial charge in [0.05, 0.1) is 15.5 Å². The zero-order chi connectivity index (χ0) is 22.1. The third-order valence-electron chi connectivity index (χ3n) is 4.08. The van der Waals surface area contributed by atoms with Crippen LogP contribution >= 0.6 is 34.8 Å². The van der Waals surface area contributed by atoms with Gasteiger partial charge in [0.2, 0.25) is 0 Å². The highest BCUT2D eigenvalue weighted by Gasteiger charge is 2.18. The van der Waals surface area contributed by atoms with E-state index in [-0.39, 0.29) is 25.5 Å². The molecule has 0 atom stereocenters. The summed E-state index contributed by atoms with van der Waals surface area (Å²) in [7, 11) is -7.86. The fourth-order valence-corrected chi connectivity index (χ4v) is 5.60. The van der Waals surface area contributed by atoms with Crippen molar-refractivity contribution in [1.82, 2.24) is 0 Å². The molecule has 0 bridgehead atoms. The first kappa shape index (κ1) is 22.7. The number of sulfonamides is 2. The minimum absolute atomic E-state index is 0.0457. The number of halogens is 3. The van der Waals surface area contributed by atoms with Crippen LogP contribution in [-0.4, -0.2) is 16.8 Å². The van der Waals surface area contributed by atoms with Crippen LogP contribution in [0.1, 0.15) is 5.56 Å². The lowest BCUT2D eigenvalue weighted by Gasteiger charge is -2.12. The van der Waals surface area contributed by atoms with Gasteiger partial charge < -0.3 is 0 Å². The highest BCUT2D eigenvalue weighted by Crippen LogP contribution is 2.27. The lowest BCUT2D eigenvalue weighted by atomic mass is 10.2. The lowest BCUT2D eigenvalue weighted by molar-refractivity contribution is 0.600. The molecule has 0 amide bonds. The van der Waals surface area contributed by atoms with Crippen molar-refractivity contribution < 1.29 is 16.8 Å². The molecule has 0 unspecified atom stereocenters. The molecule has 30 heavy (non-hydrogen) atoms. The van der Waals surface area contributed by atoms with Gasteiger partial charge in [-0.05, 0) is 67.1 Å². The Bertz CT molecular complexity index is 1290. The van der Waals surface area contributed by atoms with Crippen LogP contribution < -0.4 is 9.44 Å². The Morgan fingerprint density at radius 2 is 1.27 bits per heavy atom. The van der Waals surface area contributed by atoms with Crippen molar-refractivity contribution in [3.8, 4) is 0 Å². The Morgan fingerprint density at radius 3 is 1.87 bits per heavy atom. The first-order valence-corrected chi connectivity index (χ1v) is 12.4. The van der Waals surface area contributed by atoms with Crippen LogP contribution in [0.5, 0.6) is 0 Å². The predicted molar refractivity (Wildman–Crippen MR) is 121 cm³/mol. The Kier molecular flexibility index (Phi) is 6.54. The lowest BCUT2D eigenvalue weighted by Crippen LogP contribution is -2.15. The van der Waals surface area contributed by atoms with Crippen molar-refractivity contribution in [3.05, 3.63) is 81.3 Å². The Morgan fingerprint density at radius 1 is 0.700 bits per heavy atom. The summed E-state index contributed by atoms with van der Waals surface area (Å²) in [5, 5.41) is 0.777. The van der Waals surface area contributed by atoms with Crippen molar-refractivity contribution in [2.45, 2.75) is 16.7 Å². The van der Waals surface area contributed by atoms with E-state index in [0.717, 1.165) is 0 Å². The zero-order valence-electron chi connectivity index (χ0n) is 15.4. The second-order valence-corrected chi connectivity index (χ2v) is 10.9. The van der Waals surface area contributed by atoms with E-state index in [1.807, 2.05) is 0 Å². The van der Waals surface area contributed by atoms with Crippen molar-refractivity contribution in [2.24, 2.45) is 0 Å². The average molecular weight is 506 g/mol. The van der Waals surface area contributed by atoms with Crippen molar-refractivity contribution >= 4 is 66.2 Å². The molecule has 0 aliphatic carbocycles. The third kappa shape index (κ3) is 5.19. The summed E-state index contributed by atoms with van der Waals surface area (Å²) >= 11 is 17.7. The molecular weight excluding hydrogens is 491 g/mol. The average Bonchev–Trinajstić information content (AvgIpc) is 2.65. The number of hydrogen-bond donors (Lipinski definition) is 2. The van der Waals surface area contributed by atoms with Gasteiger partial charge in [0.1, 0.15) is 0 Å². The molecule has 0 aromatic heterocycles. The molecular formula is C19H15Cl3N2O4S2. The molecule has 0 radical (unpaired) electrons. The van der Waals surface area contributed by atoms with Crippen LogP contribution in [0, 0.1) is 6.92 Å². The van der Waals surface area contributed by atoms with E-state index in [0.29, 0.717) is 16.3 Å². The molecule has 0 aliphatic rings. The van der Waals surface area contributed by atoms with Gasteiger partial charge in [0.25, 0.3) is 20.0 Å². The first-order valence-electron chi connectivity index (χ1n) is 8.35. The maximum atomic E-state index is 12.6. The zero-order valence-corrected chi connectivity index (χ0v) is 19.3. The van der Waals surface area contributed by atoms with Gasteiger partial charge in [-0.3, -0.25) is 9.44 Å². The van der Waals surface area contributed by atoms with E-state index in [1.54, 1.807) is 25.1 Å². The number of hydrogen-bond acceptors (Lipinski definition) is 4. The molecule has 0 saturated carbocycles. The maximum absolute atomic E-state index is 12.6. The SMILES string of the molecule is Cc1c(Cl)cccc1NS(=O)(=O)c1ccc(NS(=O)(=O)c2cc(Cl)cc(Cl)c2)cc1. The Balaban J connectivity index is 1.82. The first-order chi connectivity index (χ1) is 14.0. The molecule has 0 aliphatic heterocycles. The van der Waals surface area contributed by atoms with Crippen LogP contribution in [0.25, 0.3) is 0 Å². The van der Waals surface area contributed by atoms with E-state index >= 15 is 0 Å². The summed E-state index contributed by atoms with van der Waals surface area (Å²) in [4.78, 5) is -0.162. The fourth-order valence-electron chi connectivity index (χ4n) is 2.52. The van der Waals surface area contributed by atoms with Gasteiger partial charge in [0.15, 0.2) is 0 Å². The smallest absolute Gasteiger partial charge is 0.261 e. The summed E-state index contributed by atoms with van der Waals surface area (Å²) in [5.74, 6) is 0. The largest absolute Gasteiger partial charge is 0.280 e. The van der Waals surface area contributed by atoms with Gasteiger partial charge in [-0.15, -0.1) is 0 Å². The summed E-state index contributed by atoms with van der Waals surface area (Å²) in [6, 6.07) is 14.0. The van der Waals surface area contributed by atoms with Gasteiger partial charge in [-0.1, -0.05) is 40.9 Å². The number of benzene rings is 3. The summed E-state index contributed by atoms with van der Waals surface area (Å²) in [5.41, 5.74) is 1.11. The topological polar surface area (TPSA) is 92.3 Å².